The van der Waals surface area contributed by atoms with E-state index in [1.54, 1.807) is 11.9 Å². The molecule has 0 saturated heterocycles. The minimum atomic E-state index is -1.31. The fourth-order valence-electron chi connectivity index (χ4n) is 2.62. The summed E-state index contributed by atoms with van der Waals surface area (Å²) in [7, 11) is 1.67. The average molecular weight is 510 g/mol. The number of carbonyl (C=O) groups excluding carboxylic acids is 4. The Labute approximate surface area is 206 Å². The summed E-state index contributed by atoms with van der Waals surface area (Å²) in [5, 5.41) is -0.428. The Balaban J connectivity index is 3.56. The molecule has 0 fully saturated rings. The van der Waals surface area contributed by atoms with Gasteiger partial charge in [-0.1, -0.05) is 6.42 Å². The van der Waals surface area contributed by atoms with E-state index in [-0.39, 0.29) is 24.5 Å². The zero-order valence-corrected chi connectivity index (χ0v) is 21.3. The minimum Gasteiger partial charge on any atom is -0.379 e. The Kier molecular flexibility index (Phi) is 22.4. The molecular weight excluding hydrogens is 469 g/mol. The molecule has 0 spiro atoms. The van der Waals surface area contributed by atoms with E-state index in [2.05, 4.69) is 0 Å². The van der Waals surface area contributed by atoms with Gasteiger partial charge in [0.25, 0.3) is 0 Å². The maximum Gasteiger partial charge on any atom is 0.301 e. The van der Waals surface area contributed by atoms with E-state index in [0.29, 0.717) is 90.8 Å². The summed E-state index contributed by atoms with van der Waals surface area (Å²) < 4.78 is 33.6. The van der Waals surface area contributed by atoms with Crippen molar-refractivity contribution in [1.29, 1.82) is 0 Å². The Bertz CT molecular complexity index is 567. The van der Waals surface area contributed by atoms with Gasteiger partial charge >= 0.3 is 6.04 Å². The van der Waals surface area contributed by atoms with Crippen LogP contribution >= 0.6 is 11.8 Å². The van der Waals surface area contributed by atoms with Crippen LogP contribution in [0.15, 0.2) is 0 Å². The molecule has 1 amide bonds. The third-order valence-electron chi connectivity index (χ3n) is 4.59. The number of ketones is 1. The van der Waals surface area contributed by atoms with Crippen LogP contribution in [0, 0.1) is 0 Å². The average Bonchev–Trinajstić information content (AvgIpc) is 2.79. The monoisotopic (exact) mass is 509 g/mol. The van der Waals surface area contributed by atoms with Gasteiger partial charge in [0.05, 0.1) is 58.1 Å². The molecule has 0 heterocycles. The van der Waals surface area contributed by atoms with Crippen molar-refractivity contribution in [1.82, 2.24) is 4.90 Å². The second-order valence-electron chi connectivity index (χ2n) is 7.63. The highest BCUT2D eigenvalue weighted by molar-refractivity contribution is 8.00. The smallest absolute Gasteiger partial charge is 0.301 e. The van der Waals surface area contributed by atoms with Crippen LogP contribution in [0.2, 0.25) is 0 Å². The van der Waals surface area contributed by atoms with Crippen LogP contribution in [0.3, 0.4) is 0 Å². The van der Waals surface area contributed by atoms with E-state index in [4.69, 9.17) is 18.9 Å². The predicted octanol–water partition coefficient (Wildman–Crippen LogP) is 2.24. The summed E-state index contributed by atoms with van der Waals surface area (Å²) in [5.41, 5.74) is 0. The maximum absolute atomic E-state index is 12.2. The summed E-state index contributed by atoms with van der Waals surface area (Å²) in [5.74, 6) is 0.573. The molecular formula is C23H40FNO8S. The number of carbonyl (C=O) groups is 4. The van der Waals surface area contributed by atoms with Crippen LogP contribution in [0.25, 0.3) is 0 Å². The molecule has 0 bridgehead atoms. The maximum atomic E-state index is 12.2. The Morgan fingerprint density at radius 2 is 1.41 bits per heavy atom. The van der Waals surface area contributed by atoms with E-state index in [9.17, 15) is 23.6 Å². The number of rotatable bonds is 25. The van der Waals surface area contributed by atoms with Gasteiger partial charge in [0.15, 0.2) is 0 Å². The van der Waals surface area contributed by atoms with Gasteiger partial charge in [0.1, 0.15) is 12.1 Å². The van der Waals surface area contributed by atoms with E-state index in [1.165, 1.54) is 18.7 Å². The third-order valence-corrected chi connectivity index (χ3v) is 5.70. The third kappa shape index (κ3) is 22.4. The lowest BCUT2D eigenvalue weighted by Gasteiger charge is -2.19. The summed E-state index contributed by atoms with van der Waals surface area (Å²) in [6.45, 7) is 5.56. The highest BCUT2D eigenvalue weighted by atomic mass is 32.2. The van der Waals surface area contributed by atoms with Crippen molar-refractivity contribution < 1.29 is 42.5 Å². The van der Waals surface area contributed by atoms with E-state index < -0.39 is 11.3 Å². The van der Waals surface area contributed by atoms with E-state index in [0.717, 1.165) is 6.29 Å². The second-order valence-corrected chi connectivity index (χ2v) is 8.98. The fourth-order valence-corrected chi connectivity index (χ4v) is 3.48. The molecule has 11 heteroatoms. The number of thioether (sulfide) groups is 1. The summed E-state index contributed by atoms with van der Waals surface area (Å²) in [6, 6.07) is -1.31. The lowest BCUT2D eigenvalue weighted by atomic mass is 10.2. The van der Waals surface area contributed by atoms with Crippen molar-refractivity contribution in [2.24, 2.45) is 0 Å². The number of hydrogen-bond donors (Lipinski definition) is 0. The van der Waals surface area contributed by atoms with Crippen molar-refractivity contribution >= 4 is 35.8 Å². The Hall–Kier alpha value is -1.40. The summed E-state index contributed by atoms with van der Waals surface area (Å²) >= 11 is 1.38. The zero-order valence-electron chi connectivity index (χ0n) is 20.5. The highest BCUT2D eigenvalue weighted by Crippen LogP contribution is 2.14. The molecule has 0 saturated carbocycles. The van der Waals surface area contributed by atoms with Gasteiger partial charge in [0.2, 0.25) is 5.91 Å². The first-order valence-corrected chi connectivity index (χ1v) is 12.7. The molecule has 198 valence electrons. The normalized spacial score (nSPS) is 11.9. The number of aldehydes is 1. The summed E-state index contributed by atoms with van der Waals surface area (Å²) in [4.78, 5) is 46.1. The molecule has 0 aromatic carbocycles. The van der Waals surface area contributed by atoms with Crippen LogP contribution in [0.1, 0.15) is 45.4 Å². The number of Topliss-reactive ketones (excluding diaryl/α,β-unsaturated/α-hetero) is 1. The zero-order chi connectivity index (χ0) is 25.4. The molecule has 0 rings (SSSR count). The number of ether oxygens (including phenoxy) is 4. The molecule has 0 radical (unpaired) electrons. The van der Waals surface area contributed by atoms with Gasteiger partial charge in [-0.3, -0.25) is 14.4 Å². The molecule has 9 nitrogen and oxygen atoms in total. The number of unbranched alkanes of at least 4 members (excludes halogenated alkanes) is 2. The first kappa shape index (κ1) is 32.6. The predicted molar refractivity (Wildman–Crippen MR) is 128 cm³/mol. The molecule has 0 N–H and O–H groups in total. The van der Waals surface area contributed by atoms with Gasteiger partial charge in [-0.15, -0.1) is 11.8 Å². The van der Waals surface area contributed by atoms with Crippen molar-refractivity contribution in [2.45, 2.75) is 50.7 Å². The van der Waals surface area contributed by atoms with Gasteiger partial charge in [-0.2, -0.15) is 4.39 Å². The van der Waals surface area contributed by atoms with Crippen molar-refractivity contribution in [3.05, 3.63) is 0 Å². The van der Waals surface area contributed by atoms with E-state index >= 15 is 0 Å². The van der Waals surface area contributed by atoms with Gasteiger partial charge in [0, 0.05) is 38.6 Å². The Morgan fingerprint density at radius 1 is 0.853 bits per heavy atom. The first-order chi connectivity index (χ1) is 16.4. The largest absolute Gasteiger partial charge is 0.379 e. The van der Waals surface area contributed by atoms with Crippen molar-refractivity contribution in [2.75, 3.05) is 72.2 Å². The SMILES string of the molecule is CC(=O)CCOCCOCCOCCOCCSC(C=O)CC(=O)N(C)CCCCCC(=O)F. The minimum absolute atomic E-state index is 0.0786. The molecule has 0 aliphatic heterocycles. The van der Waals surface area contributed by atoms with Crippen LogP contribution < -0.4 is 0 Å². The van der Waals surface area contributed by atoms with Gasteiger partial charge in [-0.05, 0) is 19.8 Å². The van der Waals surface area contributed by atoms with Crippen LogP contribution in [0.4, 0.5) is 4.39 Å². The molecule has 0 aliphatic rings. The topological polar surface area (TPSA) is 108 Å². The van der Waals surface area contributed by atoms with Crippen LogP contribution in [-0.4, -0.2) is 106 Å². The molecule has 34 heavy (non-hydrogen) atoms. The number of nitrogens with zero attached hydrogens (tertiary/aromatic N) is 1. The number of hydrogen-bond acceptors (Lipinski definition) is 9. The second kappa shape index (κ2) is 23.3. The van der Waals surface area contributed by atoms with Crippen molar-refractivity contribution in [3.63, 3.8) is 0 Å². The molecule has 0 aliphatic carbocycles. The number of halogens is 1. The molecule has 1 unspecified atom stereocenters. The lowest BCUT2D eigenvalue weighted by molar-refractivity contribution is -0.131. The highest BCUT2D eigenvalue weighted by Gasteiger charge is 2.16. The van der Waals surface area contributed by atoms with Crippen molar-refractivity contribution in [3.8, 4) is 0 Å². The standard InChI is InChI=1S/C23H40FNO8S/c1-20(27)7-9-30-10-11-31-12-13-32-14-15-33-16-17-34-21(19-26)18-23(29)25(2)8-5-3-4-6-22(24)28/h19,21H,3-18H2,1-2H3. The first-order valence-electron chi connectivity index (χ1n) is 11.7. The molecule has 1 atom stereocenters. The van der Waals surface area contributed by atoms with E-state index in [1.807, 2.05) is 0 Å². The number of amides is 1. The molecule has 0 aromatic heterocycles. The quantitative estimate of drug-likeness (QED) is 0.104. The molecule has 0 aromatic rings. The lowest BCUT2D eigenvalue weighted by Crippen LogP contribution is -2.30. The Morgan fingerprint density at radius 3 is 1.94 bits per heavy atom. The summed E-state index contributed by atoms with van der Waals surface area (Å²) in [6.07, 6.45) is 3.08. The van der Waals surface area contributed by atoms with Gasteiger partial charge in [-0.25, -0.2) is 0 Å². The van der Waals surface area contributed by atoms with Crippen LogP contribution in [-0.2, 0) is 38.1 Å². The fraction of sp³-hybridized carbons (Fsp3) is 0.826. The van der Waals surface area contributed by atoms with Crippen LogP contribution in [0.5, 0.6) is 0 Å². The van der Waals surface area contributed by atoms with Gasteiger partial charge < -0.3 is 28.6 Å².